The van der Waals surface area contributed by atoms with Gasteiger partial charge in [0.1, 0.15) is 11.5 Å². The lowest BCUT2D eigenvalue weighted by Crippen LogP contribution is -2.50. The average Bonchev–Trinajstić information content (AvgIpc) is 3.59. The third kappa shape index (κ3) is 8.13. The summed E-state index contributed by atoms with van der Waals surface area (Å²) in [6, 6.07) is 31.9. The molecule has 49 heavy (non-hydrogen) atoms. The number of anilines is 2. The van der Waals surface area contributed by atoms with Crippen molar-refractivity contribution < 1.29 is 33.6 Å². The number of hydrogen-bond acceptors (Lipinski definition) is 8. The van der Waals surface area contributed by atoms with Gasteiger partial charge >= 0.3 is 6.03 Å². The fraction of sp³-hybridized carbons (Fsp3) is 0.359. The van der Waals surface area contributed by atoms with Crippen LogP contribution in [0.5, 0.6) is 11.5 Å². The molecule has 2 amide bonds. The summed E-state index contributed by atoms with van der Waals surface area (Å²) in [6.45, 7) is 5.95. The molecule has 4 aromatic rings. The number of aliphatic hydroxyl groups excluding tert-OH is 1. The SMILES string of the molecule is CC1C(CN2CCC3(CC2)OCCO3)OC(c2cccc(NC(=O)Nc3ccc(Oc4ccccc4)cc3)c2)OC1c1ccc(CO)cc1. The summed E-state index contributed by atoms with van der Waals surface area (Å²) in [7, 11) is 0. The van der Waals surface area contributed by atoms with Gasteiger partial charge in [-0.25, -0.2) is 4.79 Å². The van der Waals surface area contributed by atoms with E-state index in [1.54, 1.807) is 12.1 Å². The molecule has 0 radical (unpaired) electrons. The van der Waals surface area contributed by atoms with Crippen LogP contribution in [0.3, 0.4) is 0 Å². The molecule has 7 rings (SSSR count). The van der Waals surface area contributed by atoms with Crippen LogP contribution in [-0.2, 0) is 25.6 Å². The van der Waals surface area contributed by atoms with E-state index in [-0.39, 0.29) is 30.8 Å². The molecule has 4 aromatic carbocycles. The van der Waals surface area contributed by atoms with E-state index in [1.807, 2.05) is 91.0 Å². The Bertz CT molecular complexity index is 1670. The average molecular weight is 666 g/mol. The molecule has 0 aliphatic carbocycles. The van der Waals surface area contributed by atoms with Gasteiger partial charge in [-0.2, -0.15) is 0 Å². The number of carbonyl (C=O) groups is 1. The maximum Gasteiger partial charge on any atom is 0.323 e. The van der Waals surface area contributed by atoms with E-state index in [4.69, 9.17) is 23.7 Å². The van der Waals surface area contributed by atoms with Crippen molar-refractivity contribution in [3.8, 4) is 11.5 Å². The van der Waals surface area contributed by atoms with E-state index in [1.165, 1.54) is 0 Å². The molecule has 10 heteroatoms. The minimum absolute atomic E-state index is 0.0129. The molecule has 0 aromatic heterocycles. The van der Waals surface area contributed by atoms with Gasteiger partial charge in [0.25, 0.3) is 0 Å². The van der Waals surface area contributed by atoms with Crippen LogP contribution in [0.4, 0.5) is 16.2 Å². The van der Waals surface area contributed by atoms with Gasteiger partial charge in [-0.15, -0.1) is 0 Å². The lowest BCUT2D eigenvalue weighted by atomic mass is 9.89. The van der Waals surface area contributed by atoms with E-state index >= 15 is 0 Å². The van der Waals surface area contributed by atoms with Crippen molar-refractivity contribution >= 4 is 17.4 Å². The third-order valence-corrected chi connectivity index (χ3v) is 9.50. The van der Waals surface area contributed by atoms with Gasteiger partial charge in [-0.3, -0.25) is 0 Å². The number of urea groups is 1. The zero-order chi connectivity index (χ0) is 33.6. The number of benzene rings is 4. The molecule has 3 saturated heterocycles. The fourth-order valence-corrected chi connectivity index (χ4v) is 6.73. The smallest absolute Gasteiger partial charge is 0.323 e. The molecule has 3 N–H and O–H groups in total. The normalized spacial score (nSPS) is 23.6. The number of rotatable bonds is 9. The van der Waals surface area contributed by atoms with Crippen LogP contribution in [0.25, 0.3) is 0 Å². The second-order valence-corrected chi connectivity index (χ2v) is 12.9. The van der Waals surface area contributed by atoms with Gasteiger partial charge in [0.15, 0.2) is 12.1 Å². The van der Waals surface area contributed by atoms with Crippen molar-refractivity contribution in [2.75, 3.05) is 43.5 Å². The molecule has 3 fully saturated rings. The summed E-state index contributed by atoms with van der Waals surface area (Å²) in [5, 5.41) is 15.4. The molecule has 1 spiro atoms. The first-order chi connectivity index (χ1) is 23.9. The Kier molecular flexibility index (Phi) is 10.2. The van der Waals surface area contributed by atoms with E-state index in [2.05, 4.69) is 22.5 Å². The molecule has 4 atom stereocenters. The Morgan fingerprint density at radius 2 is 1.51 bits per heavy atom. The van der Waals surface area contributed by atoms with E-state index in [0.29, 0.717) is 30.3 Å². The summed E-state index contributed by atoms with van der Waals surface area (Å²) in [5.74, 6) is 1.04. The molecule has 0 saturated carbocycles. The summed E-state index contributed by atoms with van der Waals surface area (Å²) in [5.41, 5.74) is 3.93. The summed E-state index contributed by atoms with van der Waals surface area (Å²) >= 11 is 0. The zero-order valence-corrected chi connectivity index (χ0v) is 27.6. The van der Waals surface area contributed by atoms with Crippen molar-refractivity contribution in [3.05, 3.63) is 120 Å². The second kappa shape index (κ2) is 15.1. The van der Waals surface area contributed by atoms with Crippen LogP contribution in [-0.4, -0.2) is 60.8 Å². The van der Waals surface area contributed by atoms with Gasteiger partial charge in [-0.05, 0) is 59.7 Å². The third-order valence-electron chi connectivity index (χ3n) is 9.50. The molecule has 4 unspecified atom stereocenters. The van der Waals surface area contributed by atoms with Gasteiger partial charge < -0.3 is 44.3 Å². The van der Waals surface area contributed by atoms with Gasteiger partial charge in [0.2, 0.25) is 0 Å². The van der Waals surface area contributed by atoms with Crippen LogP contribution in [0.15, 0.2) is 103 Å². The predicted molar refractivity (Wildman–Crippen MR) is 185 cm³/mol. The number of likely N-dealkylation sites (tertiary alicyclic amines) is 1. The van der Waals surface area contributed by atoms with Crippen molar-refractivity contribution in [2.24, 2.45) is 5.92 Å². The molecular weight excluding hydrogens is 622 g/mol. The van der Waals surface area contributed by atoms with Crippen molar-refractivity contribution in [1.29, 1.82) is 0 Å². The summed E-state index contributed by atoms with van der Waals surface area (Å²) < 4.78 is 31.1. The van der Waals surface area contributed by atoms with Gasteiger partial charge in [0, 0.05) is 55.3 Å². The summed E-state index contributed by atoms with van der Waals surface area (Å²) in [6.07, 6.45) is 0.670. The topological polar surface area (TPSA) is 111 Å². The molecule has 3 aliphatic heterocycles. The number of hydrogen-bond donors (Lipinski definition) is 3. The Morgan fingerprint density at radius 1 is 0.816 bits per heavy atom. The monoisotopic (exact) mass is 665 g/mol. The van der Waals surface area contributed by atoms with Crippen molar-refractivity contribution in [3.63, 3.8) is 0 Å². The standard InChI is InChI=1S/C39H43N3O7/c1-27-35(25-42-20-18-39(19-21-42)45-22-23-46-39)48-37(49-36(27)29-12-10-28(26-43)11-13-29)30-6-5-7-32(24-30)41-38(44)40-31-14-16-34(17-15-31)47-33-8-3-2-4-9-33/h2-17,24,27,35-37,43H,18-23,25-26H2,1H3,(H2,40,41,44). The van der Waals surface area contributed by atoms with Crippen molar-refractivity contribution in [1.82, 2.24) is 4.90 Å². The molecule has 3 aliphatic rings. The van der Waals surface area contributed by atoms with Crippen LogP contribution in [0.1, 0.15) is 48.8 Å². The van der Waals surface area contributed by atoms with Crippen LogP contribution in [0.2, 0.25) is 0 Å². The fourth-order valence-electron chi connectivity index (χ4n) is 6.73. The lowest BCUT2D eigenvalue weighted by molar-refractivity contribution is -0.278. The Labute approximate surface area is 286 Å². The van der Waals surface area contributed by atoms with E-state index in [0.717, 1.165) is 54.9 Å². The number of carbonyl (C=O) groups excluding carboxylic acids is 1. The Hall–Kier alpha value is -4.29. The summed E-state index contributed by atoms with van der Waals surface area (Å²) in [4.78, 5) is 15.4. The number of nitrogens with one attached hydrogen (secondary N) is 2. The highest BCUT2D eigenvalue weighted by atomic mass is 16.7. The number of ether oxygens (including phenoxy) is 5. The Balaban J connectivity index is 1.02. The van der Waals surface area contributed by atoms with Crippen LogP contribution >= 0.6 is 0 Å². The highest BCUT2D eigenvalue weighted by Gasteiger charge is 2.43. The number of aliphatic hydroxyl groups is 1. The highest BCUT2D eigenvalue weighted by Crippen LogP contribution is 2.43. The number of amides is 2. The molecule has 3 heterocycles. The minimum atomic E-state index is -0.650. The quantitative estimate of drug-likeness (QED) is 0.172. The first-order valence-corrected chi connectivity index (χ1v) is 17.0. The Morgan fingerprint density at radius 3 is 2.22 bits per heavy atom. The maximum atomic E-state index is 13.0. The minimum Gasteiger partial charge on any atom is -0.457 e. The molecular formula is C39H43N3O7. The maximum absolute atomic E-state index is 13.0. The largest absolute Gasteiger partial charge is 0.457 e. The number of para-hydroxylation sites is 1. The predicted octanol–water partition coefficient (Wildman–Crippen LogP) is 7.25. The molecule has 0 bridgehead atoms. The first-order valence-electron chi connectivity index (χ1n) is 17.0. The van der Waals surface area contributed by atoms with Gasteiger partial charge in [-0.1, -0.05) is 61.5 Å². The molecule has 256 valence electrons. The number of nitrogens with zero attached hydrogens (tertiary/aromatic N) is 1. The zero-order valence-electron chi connectivity index (χ0n) is 27.6. The van der Waals surface area contributed by atoms with Gasteiger partial charge in [0.05, 0.1) is 32.0 Å². The van der Waals surface area contributed by atoms with Crippen LogP contribution < -0.4 is 15.4 Å². The van der Waals surface area contributed by atoms with Crippen LogP contribution in [0, 0.1) is 5.92 Å². The van der Waals surface area contributed by atoms with E-state index in [9.17, 15) is 9.90 Å². The highest BCUT2D eigenvalue weighted by molar-refractivity contribution is 5.99. The first kappa shape index (κ1) is 33.2. The molecule has 10 nitrogen and oxygen atoms in total. The number of piperidine rings is 1. The van der Waals surface area contributed by atoms with E-state index < -0.39 is 12.1 Å². The van der Waals surface area contributed by atoms with Crippen molar-refractivity contribution in [2.45, 2.75) is 50.7 Å². The lowest BCUT2D eigenvalue weighted by Gasteiger charge is -2.44. The second-order valence-electron chi connectivity index (χ2n) is 12.9.